The van der Waals surface area contributed by atoms with E-state index in [1.807, 2.05) is 6.07 Å². The van der Waals surface area contributed by atoms with E-state index in [9.17, 15) is 0 Å². The lowest BCUT2D eigenvalue weighted by Crippen LogP contribution is -2.10. The molecule has 1 aliphatic rings. The Balaban J connectivity index is 2.34. The third-order valence-electron chi connectivity index (χ3n) is 2.66. The molecule has 0 radical (unpaired) electrons. The van der Waals surface area contributed by atoms with Gasteiger partial charge in [0.15, 0.2) is 0 Å². The monoisotopic (exact) mass is 392 g/mol. The van der Waals surface area contributed by atoms with Crippen LogP contribution in [-0.2, 0) is 0 Å². The number of halogens is 2. The van der Waals surface area contributed by atoms with Crippen molar-refractivity contribution in [1.29, 1.82) is 0 Å². The van der Waals surface area contributed by atoms with E-state index >= 15 is 0 Å². The molecule has 5 heteroatoms. The van der Waals surface area contributed by atoms with Gasteiger partial charge in [0.25, 0.3) is 0 Å². The summed E-state index contributed by atoms with van der Waals surface area (Å²) in [4.78, 5) is 3.37. The molecule has 3 rings (SSSR count). The maximum absolute atomic E-state index is 5.80. The summed E-state index contributed by atoms with van der Waals surface area (Å²) < 4.78 is 7.98. The van der Waals surface area contributed by atoms with E-state index in [1.165, 1.54) is 0 Å². The molecule has 0 saturated heterocycles. The van der Waals surface area contributed by atoms with E-state index in [0.717, 1.165) is 50.1 Å². The second-order valence-corrected chi connectivity index (χ2v) is 5.76. The van der Waals surface area contributed by atoms with Gasteiger partial charge in [-0.2, -0.15) is 0 Å². The first kappa shape index (κ1) is 10.7. The second-order valence-electron chi connectivity index (χ2n) is 3.77. The van der Waals surface area contributed by atoms with E-state index < -0.39 is 0 Å². The van der Waals surface area contributed by atoms with Crippen LogP contribution >= 0.6 is 38.5 Å². The van der Waals surface area contributed by atoms with Crippen molar-refractivity contribution >= 4 is 55.1 Å². The molecule has 0 unspecified atom stereocenters. The zero-order valence-electron chi connectivity index (χ0n) is 8.44. The highest BCUT2D eigenvalue weighted by atomic mass is 127. The Kier molecular flexibility index (Phi) is 2.75. The van der Waals surface area contributed by atoms with Gasteiger partial charge in [0.2, 0.25) is 0 Å². The van der Waals surface area contributed by atoms with Gasteiger partial charge >= 0.3 is 0 Å². The Morgan fingerprint density at radius 2 is 2.25 bits per heavy atom. The molecular formula is C11H10BrIN2O. The van der Waals surface area contributed by atoms with E-state index in [4.69, 9.17) is 4.74 Å². The predicted octanol–water partition coefficient (Wildman–Crippen LogP) is 3.73. The van der Waals surface area contributed by atoms with Gasteiger partial charge in [-0.15, -0.1) is 0 Å². The molecule has 0 fully saturated rings. The Morgan fingerprint density at radius 1 is 1.38 bits per heavy atom. The van der Waals surface area contributed by atoms with Crippen molar-refractivity contribution in [2.24, 2.45) is 0 Å². The zero-order valence-corrected chi connectivity index (χ0v) is 12.2. The number of anilines is 1. The van der Waals surface area contributed by atoms with Gasteiger partial charge in [-0.25, -0.2) is 0 Å². The van der Waals surface area contributed by atoms with Gasteiger partial charge in [-0.3, -0.25) is 0 Å². The second kappa shape index (κ2) is 4.10. The molecule has 1 aliphatic heterocycles. The van der Waals surface area contributed by atoms with Crippen molar-refractivity contribution in [2.75, 3.05) is 18.5 Å². The largest absolute Gasteiger partial charge is 0.493 e. The third kappa shape index (κ3) is 1.69. The third-order valence-corrected chi connectivity index (χ3v) is 3.93. The molecule has 16 heavy (non-hydrogen) atoms. The van der Waals surface area contributed by atoms with Crippen LogP contribution in [0.25, 0.3) is 10.9 Å². The van der Waals surface area contributed by atoms with Crippen molar-refractivity contribution in [1.82, 2.24) is 4.98 Å². The van der Waals surface area contributed by atoms with Gasteiger partial charge in [0.05, 0.1) is 23.2 Å². The summed E-state index contributed by atoms with van der Waals surface area (Å²) in [5, 5.41) is 4.62. The summed E-state index contributed by atoms with van der Waals surface area (Å²) in [6.45, 7) is 1.72. The number of nitrogens with one attached hydrogen (secondary N) is 2. The van der Waals surface area contributed by atoms with Crippen molar-refractivity contribution in [3.63, 3.8) is 0 Å². The van der Waals surface area contributed by atoms with Crippen LogP contribution in [0.5, 0.6) is 5.75 Å². The minimum Gasteiger partial charge on any atom is -0.493 e. The van der Waals surface area contributed by atoms with Gasteiger partial charge < -0.3 is 15.0 Å². The molecule has 0 atom stereocenters. The summed E-state index contributed by atoms with van der Waals surface area (Å²) in [7, 11) is 0. The fourth-order valence-corrected chi connectivity index (χ4v) is 3.16. The molecule has 84 valence electrons. The Hall–Kier alpha value is -0.430. The van der Waals surface area contributed by atoms with Crippen molar-refractivity contribution in [3.8, 4) is 5.75 Å². The normalized spacial score (nSPS) is 15.1. The van der Waals surface area contributed by atoms with Crippen LogP contribution in [0, 0.1) is 3.70 Å². The number of aromatic nitrogens is 1. The summed E-state index contributed by atoms with van der Waals surface area (Å²) >= 11 is 5.82. The smallest absolute Gasteiger partial charge is 0.131 e. The van der Waals surface area contributed by atoms with E-state index in [0.29, 0.717) is 0 Å². The summed E-state index contributed by atoms with van der Waals surface area (Å²) in [5.41, 5.74) is 2.27. The summed E-state index contributed by atoms with van der Waals surface area (Å²) in [6, 6.07) is 4.11. The highest BCUT2D eigenvalue weighted by molar-refractivity contribution is 14.1. The first-order chi connectivity index (χ1) is 7.75. The minimum absolute atomic E-state index is 0.764. The van der Waals surface area contributed by atoms with Crippen LogP contribution in [0.1, 0.15) is 6.42 Å². The molecular weight excluding hydrogens is 383 g/mol. The molecule has 2 heterocycles. The molecule has 0 amide bonds. The van der Waals surface area contributed by atoms with Crippen LogP contribution in [0.3, 0.4) is 0 Å². The quantitative estimate of drug-likeness (QED) is 0.670. The summed E-state index contributed by atoms with van der Waals surface area (Å²) in [6.07, 6.45) is 1.02. The van der Waals surface area contributed by atoms with Gasteiger partial charge in [0, 0.05) is 11.0 Å². The lowest BCUT2D eigenvalue weighted by molar-refractivity contribution is 0.317. The summed E-state index contributed by atoms with van der Waals surface area (Å²) in [5.74, 6) is 0.950. The van der Waals surface area contributed by atoms with Crippen LogP contribution < -0.4 is 10.1 Å². The molecule has 0 saturated carbocycles. The standard InChI is InChI=1S/C11H10BrIN2O/c12-6-4-7-9-8(5-6)16-3-1-2-14-10(9)11(13)15-7/h4-5,14-15H,1-3H2. The molecule has 3 nitrogen and oxygen atoms in total. The molecule has 0 spiro atoms. The number of aromatic amines is 1. The lowest BCUT2D eigenvalue weighted by Gasteiger charge is -2.14. The van der Waals surface area contributed by atoms with E-state index in [1.54, 1.807) is 0 Å². The predicted molar refractivity (Wildman–Crippen MR) is 77.3 cm³/mol. The molecule has 1 aromatic heterocycles. The van der Waals surface area contributed by atoms with Crippen molar-refractivity contribution in [3.05, 3.63) is 20.3 Å². The maximum Gasteiger partial charge on any atom is 0.131 e. The van der Waals surface area contributed by atoms with Crippen LogP contribution in [0.15, 0.2) is 16.6 Å². The minimum atomic E-state index is 0.764. The Morgan fingerprint density at radius 3 is 3.12 bits per heavy atom. The van der Waals surface area contributed by atoms with Crippen LogP contribution in [0.4, 0.5) is 5.69 Å². The Labute approximate surface area is 115 Å². The number of ether oxygens (including phenoxy) is 1. The maximum atomic E-state index is 5.80. The van der Waals surface area contributed by atoms with Gasteiger partial charge in [-0.05, 0) is 41.1 Å². The average Bonchev–Trinajstić information content (AvgIpc) is 2.49. The Bertz CT molecular complexity index is 552. The topological polar surface area (TPSA) is 37.0 Å². The molecule has 2 N–H and O–H groups in total. The van der Waals surface area contributed by atoms with E-state index in [2.05, 4.69) is 54.9 Å². The highest BCUT2D eigenvalue weighted by Gasteiger charge is 2.16. The number of hydrogen-bond donors (Lipinski definition) is 2. The number of hydrogen-bond acceptors (Lipinski definition) is 2. The molecule has 2 aromatic rings. The molecule has 0 bridgehead atoms. The van der Waals surface area contributed by atoms with Gasteiger partial charge in [0.1, 0.15) is 9.45 Å². The van der Waals surface area contributed by atoms with Crippen molar-refractivity contribution in [2.45, 2.75) is 6.42 Å². The fraction of sp³-hybridized carbons (Fsp3) is 0.273. The number of H-pyrrole nitrogens is 1. The van der Waals surface area contributed by atoms with Crippen LogP contribution in [0.2, 0.25) is 0 Å². The average molecular weight is 393 g/mol. The number of benzene rings is 1. The van der Waals surface area contributed by atoms with Crippen LogP contribution in [-0.4, -0.2) is 18.1 Å². The van der Waals surface area contributed by atoms with Crippen molar-refractivity contribution < 1.29 is 4.74 Å². The fourth-order valence-electron chi connectivity index (χ4n) is 1.98. The highest BCUT2D eigenvalue weighted by Crippen LogP contribution is 2.39. The van der Waals surface area contributed by atoms with Gasteiger partial charge in [-0.1, -0.05) is 15.9 Å². The molecule has 1 aromatic carbocycles. The zero-order chi connectivity index (χ0) is 11.1. The first-order valence-electron chi connectivity index (χ1n) is 5.13. The SMILES string of the molecule is Brc1cc2c3c(c(I)[nH]c3c1)NCCCO2. The molecule has 0 aliphatic carbocycles. The first-order valence-corrected chi connectivity index (χ1v) is 7.00. The van der Waals surface area contributed by atoms with E-state index in [-0.39, 0.29) is 0 Å². The lowest BCUT2D eigenvalue weighted by atomic mass is 10.2. The number of rotatable bonds is 0.